The topological polar surface area (TPSA) is 57.6 Å². The van der Waals surface area contributed by atoms with Crippen molar-refractivity contribution in [2.24, 2.45) is 11.8 Å². The number of nitrogens with zero attached hydrogens (tertiary/aromatic N) is 1. The Morgan fingerprint density at radius 1 is 1.17 bits per heavy atom. The van der Waals surface area contributed by atoms with Gasteiger partial charge < -0.3 is 5.11 Å². The van der Waals surface area contributed by atoms with E-state index in [1.807, 2.05) is 0 Å². The number of imide groups is 1. The highest BCUT2D eigenvalue weighted by atomic mass is 16.3. The van der Waals surface area contributed by atoms with Gasteiger partial charge in [0.2, 0.25) is 11.8 Å². The van der Waals surface area contributed by atoms with E-state index in [-0.39, 0.29) is 29.4 Å². The second kappa shape index (κ2) is 3.83. The summed E-state index contributed by atoms with van der Waals surface area (Å²) >= 11 is 0. The molecule has 0 aromatic heterocycles. The molecule has 1 saturated carbocycles. The number of amides is 2. The summed E-state index contributed by atoms with van der Waals surface area (Å²) in [5.41, 5.74) is 1.25. The zero-order chi connectivity index (χ0) is 12.9. The summed E-state index contributed by atoms with van der Waals surface area (Å²) in [6.07, 6.45) is 2.61. The molecule has 1 aliphatic heterocycles. The Bertz CT molecular complexity index is 516. The fraction of sp³-hybridized carbons (Fsp3) is 0.429. The van der Waals surface area contributed by atoms with Crippen LogP contribution < -0.4 is 4.90 Å². The maximum atomic E-state index is 12.2. The third kappa shape index (κ3) is 1.45. The molecule has 2 aliphatic rings. The molecule has 18 heavy (non-hydrogen) atoms. The smallest absolute Gasteiger partial charge is 0.237 e. The van der Waals surface area contributed by atoms with E-state index in [9.17, 15) is 14.7 Å². The number of carbonyl (C=O) groups is 2. The van der Waals surface area contributed by atoms with Crippen LogP contribution in [0.4, 0.5) is 5.69 Å². The van der Waals surface area contributed by atoms with Crippen molar-refractivity contribution in [3.8, 4) is 5.75 Å². The minimum Gasteiger partial charge on any atom is -0.508 e. The number of fused-ring (bicyclic) bond motifs is 1. The van der Waals surface area contributed by atoms with Gasteiger partial charge in [-0.05, 0) is 43.5 Å². The Labute approximate surface area is 105 Å². The van der Waals surface area contributed by atoms with Gasteiger partial charge in [0, 0.05) is 0 Å². The highest BCUT2D eigenvalue weighted by Crippen LogP contribution is 2.41. The summed E-state index contributed by atoms with van der Waals surface area (Å²) < 4.78 is 0. The minimum absolute atomic E-state index is 0.0763. The lowest BCUT2D eigenvalue weighted by Gasteiger charge is -2.16. The predicted molar refractivity (Wildman–Crippen MR) is 66.2 cm³/mol. The molecule has 3 rings (SSSR count). The lowest BCUT2D eigenvalue weighted by molar-refractivity contribution is -0.122. The number of aryl methyl sites for hydroxylation is 1. The van der Waals surface area contributed by atoms with E-state index in [4.69, 9.17) is 0 Å². The standard InChI is InChI=1S/C14H15NO3/c1-8-7-9(5-6-12(8)16)15-13(17)10-3-2-4-11(10)14(15)18/h5-7,10-11,16H,2-4H2,1H3. The van der Waals surface area contributed by atoms with Gasteiger partial charge in [0.1, 0.15) is 5.75 Å². The van der Waals surface area contributed by atoms with Gasteiger partial charge in [0.15, 0.2) is 0 Å². The van der Waals surface area contributed by atoms with Crippen LogP contribution in [0, 0.1) is 18.8 Å². The molecule has 1 heterocycles. The molecule has 4 heteroatoms. The summed E-state index contributed by atoms with van der Waals surface area (Å²) in [5, 5.41) is 9.49. The molecule has 1 saturated heterocycles. The van der Waals surface area contributed by atoms with Crippen molar-refractivity contribution in [3.63, 3.8) is 0 Å². The lowest BCUT2D eigenvalue weighted by Crippen LogP contribution is -2.31. The summed E-state index contributed by atoms with van der Waals surface area (Å²) in [5.74, 6) is -0.212. The van der Waals surface area contributed by atoms with Gasteiger partial charge in [0.25, 0.3) is 0 Å². The first kappa shape index (κ1) is 11.3. The average molecular weight is 245 g/mol. The van der Waals surface area contributed by atoms with Crippen molar-refractivity contribution in [2.75, 3.05) is 4.90 Å². The maximum Gasteiger partial charge on any atom is 0.237 e. The maximum absolute atomic E-state index is 12.2. The van der Waals surface area contributed by atoms with Crippen LogP contribution in [0.1, 0.15) is 24.8 Å². The van der Waals surface area contributed by atoms with Crippen LogP contribution in [0.2, 0.25) is 0 Å². The Kier molecular flexibility index (Phi) is 2.40. The number of carbonyl (C=O) groups excluding carboxylic acids is 2. The number of aromatic hydroxyl groups is 1. The van der Waals surface area contributed by atoms with Gasteiger partial charge in [-0.2, -0.15) is 0 Å². The number of rotatable bonds is 1. The van der Waals surface area contributed by atoms with Crippen LogP contribution in [-0.2, 0) is 9.59 Å². The molecule has 0 radical (unpaired) electrons. The SMILES string of the molecule is Cc1cc(N2C(=O)C3CCCC3C2=O)ccc1O. The van der Waals surface area contributed by atoms with Crippen LogP contribution in [0.25, 0.3) is 0 Å². The van der Waals surface area contributed by atoms with Crippen molar-refractivity contribution in [2.45, 2.75) is 26.2 Å². The van der Waals surface area contributed by atoms with Crippen molar-refractivity contribution >= 4 is 17.5 Å². The largest absolute Gasteiger partial charge is 0.508 e. The summed E-state index contributed by atoms with van der Waals surface area (Å²) in [7, 11) is 0. The van der Waals surface area contributed by atoms with Gasteiger partial charge in [-0.3, -0.25) is 14.5 Å². The zero-order valence-electron chi connectivity index (χ0n) is 10.2. The normalized spacial score (nSPS) is 26.8. The number of phenols is 1. The predicted octanol–water partition coefficient (Wildman–Crippen LogP) is 1.99. The first-order chi connectivity index (χ1) is 8.59. The monoisotopic (exact) mass is 245 g/mol. The number of hydrogen-bond acceptors (Lipinski definition) is 3. The van der Waals surface area contributed by atoms with Crippen molar-refractivity contribution in [3.05, 3.63) is 23.8 Å². The molecule has 1 N–H and O–H groups in total. The molecule has 1 aromatic rings. The van der Waals surface area contributed by atoms with E-state index < -0.39 is 0 Å². The van der Waals surface area contributed by atoms with Crippen LogP contribution in [0.3, 0.4) is 0 Å². The number of phenolic OH excluding ortho intramolecular Hbond substituents is 1. The Morgan fingerprint density at radius 2 is 1.78 bits per heavy atom. The van der Waals surface area contributed by atoms with Gasteiger partial charge in [-0.15, -0.1) is 0 Å². The van der Waals surface area contributed by atoms with E-state index >= 15 is 0 Å². The van der Waals surface area contributed by atoms with Gasteiger partial charge in [0.05, 0.1) is 17.5 Å². The lowest BCUT2D eigenvalue weighted by atomic mass is 10.00. The molecule has 1 aliphatic carbocycles. The molecule has 2 amide bonds. The third-order valence-corrected chi connectivity index (χ3v) is 4.03. The van der Waals surface area contributed by atoms with Crippen LogP contribution in [0.15, 0.2) is 18.2 Å². The molecule has 1 aromatic carbocycles. The zero-order valence-corrected chi connectivity index (χ0v) is 10.2. The average Bonchev–Trinajstić information content (AvgIpc) is 2.89. The molecule has 2 fully saturated rings. The highest BCUT2D eigenvalue weighted by molar-refractivity contribution is 6.22. The summed E-state index contributed by atoms with van der Waals surface area (Å²) in [6.45, 7) is 1.75. The van der Waals surface area contributed by atoms with E-state index in [1.54, 1.807) is 19.1 Å². The molecule has 2 atom stereocenters. The molecule has 0 spiro atoms. The third-order valence-electron chi connectivity index (χ3n) is 4.03. The first-order valence-electron chi connectivity index (χ1n) is 6.27. The van der Waals surface area contributed by atoms with Crippen LogP contribution in [-0.4, -0.2) is 16.9 Å². The van der Waals surface area contributed by atoms with Crippen molar-refractivity contribution in [1.82, 2.24) is 0 Å². The highest BCUT2D eigenvalue weighted by Gasteiger charge is 2.50. The fourth-order valence-corrected chi connectivity index (χ4v) is 3.02. The molecule has 0 bridgehead atoms. The second-order valence-electron chi connectivity index (χ2n) is 5.13. The Hall–Kier alpha value is -1.84. The Morgan fingerprint density at radius 3 is 2.33 bits per heavy atom. The molecular formula is C14H15NO3. The van der Waals surface area contributed by atoms with Crippen LogP contribution >= 0.6 is 0 Å². The molecule has 2 unspecified atom stereocenters. The Balaban J connectivity index is 1.99. The van der Waals surface area contributed by atoms with Gasteiger partial charge in [-0.1, -0.05) is 6.42 Å². The summed E-state index contributed by atoms with van der Waals surface area (Å²) in [4.78, 5) is 25.8. The van der Waals surface area contributed by atoms with E-state index in [0.29, 0.717) is 11.3 Å². The van der Waals surface area contributed by atoms with Crippen molar-refractivity contribution < 1.29 is 14.7 Å². The minimum atomic E-state index is -0.119. The number of anilines is 1. The first-order valence-corrected chi connectivity index (χ1v) is 6.27. The number of hydrogen-bond donors (Lipinski definition) is 1. The van der Waals surface area contributed by atoms with Crippen LogP contribution in [0.5, 0.6) is 5.75 Å². The molecule has 4 nitrogen and oxygen atoms in total. The fourth-order valence-electron chi connectivity index (χ4n) is 3.02. The number of benzene rings is 1. The second-order valence-corrected chi connectivity index (χ2v) is 5.13. The molecule has 94 valence electrons. The van der Waals surface area contributed by atoms with Gasteiger partial charge >= 0.3 is 0 Å². The van der Waals surface area contributed by atoms with E-state index in [2.05, 4.69) is 0 Å². The van der Waals surface area contributed by atoms with Crippen molar-refractivity contribution in [1.29, 1.82) is 0 Å². The summed E-state index contributed by atoms with van der Waals surface area (Å²) in [6, 6.07) is 4.84. The quantitative estimate of drug-likeness (QED) is 0.770. The van der Waals surface area contributed by atoms with E-state index in [1.165, 1.54) is 11.0 Å². The van der Waals surface area contributed by atoms with E-state index in [0.717, 1.165) is 19.3 Å². The van der Waals surface area contributed by atoms with Gasteiger partial charge in [-0.25, -0.2) is 0 Å². The molecular weight excluding hydrogens is 230 g/mol.